The lowest BCUT2D eigenvalue weighted by atomic mass is 10.1. The highest BCUT2D eigenvalue weighted by Gasteiger charge is 2.23. The fourth-order valence-electron chi connectivity index (χ4n) is 3.70. The molecule has 5 rings (SSSR count). The van der Waals surface area contributed by atoms with Gasteiger partial charge in [-0.15, -0.1) is 0 Å². The van der Waals surface area contributed by atoms with E-state index < -0.39 is 18.0 Å². The van der Waals surface area contributed by atoms with Crippen LogP contribution in [0.4, 0.5) is 20.8 Å². The fraction of sp³-hybridized carbons (Fsp3) is 0.250. The molecule has 1 amide bonds. The van der Waals surface area contributed by atoms with E-state index in [0.717, 1.165) is 11.3 Å². The number of benzene rings is 1. The van der Waals surface area contributed by atoms with Crippen LogP contribution in [0.1, 0.15) is 48.6 Å². The molecule has 8 nitrogen and oxygen atoms in total. The van der Waals surface area contributed by atoms with Crippen LogP contribution in [-0.2, 0) is 11.3 Å². The summed E-state index contributed by atoms with van der Waals surface area (Å²) >= 11 is 5.80. The van der Waals surface area contributed by atoms with Gasteiger partial charge < -0.3 is 14.5 Å². The lowest BCUT2D eigenvalue weighted by Gasteiger charge is -2.15. The molecule has 4 aromatic rings. The zero-order valence-corrected chi connectivity index (χ0v) is 19.1. The van der Waals surface area contributed by atoms with Crippen molar-refractivity contribution in [2.45, 2.75) is 38.3 Å². The molecule has 34 heavy (non-hydrogen) atoms. The van der Waals surface area contributed by atoms with Crippen LogP contribution in [0.15, 0.2) is 55.1 Å². The monoisotopic (exact) mass is 480 g/mol. The summed E-state index contributed by atoms with van der Waals surface area (Å²) in [6.07, 6.45) is 6.34. The van der Waals surface area contributed by atoms with Crippen LogP contribution in [0, 0.1) is 5.82 Å². The van der Waals surface area contributed by atoms with Gasteiger partial charge in [-0.3, -0.25) is 5.32 Å². The molecule has 1 fully saturated rings. The number of hydrogen-bond acceptors (Lipinski definition) is 6. The normalized spacial score (nSPS) is 14.1. The molecular formula is C24H22ClFN6O2. The fourth-order valence-corrected chi connectivity index (χ4v) is 3.88. The standard InChI is InChI=1S/C24H22ClFN6O2/c1-14(18-3-2-4-19(25)23(18)26)34-24(33)31-21-9-20(28-13-29-21)27-10-17-12-32-11-16(15-5-6-15)7-8-22(32)30-17/h2-4,7-9,11-15H,5-6,10H2,1H3,(H2,27,28,29,31,33). The minimum atomic E-state index is -0.839. The minimum Gasteiger partial charge on any atom is -0.441 e. The number of halogens is 2. The maximum Gasteiger partial charge on any atom is 0.413 e. The van der Waals surface area contributed by atoms with Gasteiger partial charge in [0.15, 0.2) is 0 Å². The van der Waals surface area contributed by atoms with Gasteiger partial charge in [0.1, 0.15) is 35.5 Å². The smallest absolute Gasteiger partial charge is 0.413 e. The summed E-state index contributed by atoms with van der Waals surface area (Å²) < 4.78 is 21.5. The summed E-state index contributed by atoms with van der Waals surface area (Å²) in [5.74, 6) is 0.813. The van der Waals surface area contributed by atoms with Gasteiger partial charge in [0, 0.05) is 24.0 Å². The Morgan fingerprint density at radius 2 is 2.06 bits per heavy atom. The van der Waals surface area contributed by atoms with E-state index >= 15 is 0 Å². The second-order valence-corrected chi connectivity index (χ2v) is 8.60. The average Bonchev–Trinajstić information content (AvgIpc) is 3.58. The van der Waals surface area contributed by atoms with Crippen LogP contribution in [-0.4, -0.2) is 25.4 Å². The quantitative estimate of drug-likeness (QED) is 0.351. The van der Waals surface area contributed by atoms with E-state index in [1.807, 2.05) is 16.7 Å². The van der Waals surface area contributed by atoms with Crippen molar-refractivity contribution in [1.82, 2.24) is 19.4 Å². The van der Waals surface area contributed by atoms with Gasteiger partial charge in [-0.05, 0) is 43.4 Å². The number of hydrogen-bond donors (Lipinski definition) is 2. The lowest BCUT2D eigenvalue weighted by Crippen LogP contribution is -2.17. The number of carbonyl (C=O) groups excluding carboxylic acids is 1. The SMILES string of the molecule is CC(OC(=O)Nc1cc(NCc2cn3cc(C4CC4)ccc3n2)ncn1)c1cccc(Cl)c1F. The number of aromatic nitrogens is 4. The van der Waals surface area contributed by atoms with Crippen molar-refractivity contribution in [2.24, 2.45) is 0 Å². The average molecular weight is 481 g/mol. The van der Waals surface area contributed by atoms with Crippen LogP contribution in [0.2, 0.25) is 5.02 Å². The van der Waals surface area contributed by atoms with Gasteiger partial charge in [0.25, 0.3) is 0 Å². The van der Waals surface area contributed by atoms with E-state index in [4.69, 9.17) is 16.3 Å². The first-order chi connectivity index (χ1) is 16.5. The van der Waals surface area contributed by atoms with Crippen LogP contribution in [0.5, 0.6) is 0 Å². The summed E-state index contributed by atoms with van der Waals surface area (Å²) in [6.45, 7) is 2.01. The number of carbonyl (C=O) groups is 1. The second-order valence-electron chi connectivity index (χ2n) is 8.19. The molecule has 174 valence electrons. The molecule has 0 radical (unpaired) electrons. The molecule has 1 atom stereocenters. The Morgan fingerprint density at radius 3 is 2.88 bits per heavy atom. The van der Waals surface area contributed by atoms with Crippen molar-refractivity contribution >= 4 is 35.0 Å². The van der Waals surface area contributed by atoms with E-state index in [-0.39, 0.29) is 16.4 Å². The number of nitrogens with one attached hydrogen (secondary N) is 2. The molecule has 0 saturated heterocycles. The van der Waals surface area contributed by atoms with Gasteiger partial charge in [-0.2, -0.15) is 0 Å². The molecule has 1 aliphatic rings. The predicted octanol–water partition coefficient (Wildman–Crippen LogP) is 5.72. The van der Waals surface area contributed by atoms with Crippen molar-refractivity contribution in [3.05, 3.63) is 82.8 Å². The third kappa shape index (κ3) is 4.94. The maximum absolute atomic E-state index is 14.2. The van der Waals surface area contributed by atoms with E-state index in [1.165, 1.54) is 36.9 Å². The zero-order valence-electron chi connectivity index (χ0n) is 18.3. The maximum atomic E-state index is 14.2. The highest BCUT2D eigenvalue weighted by atomic mass is 35.5. The molecule has 0 aliphatic heterocycles. The van der Waals surface area contributed by atoms with Crippen molar-refractivity contribution < 1.29 is 13.9 Å². The molecule has 2 N–H and O–H groups in total. The number of pyridine rings is 1. The third-order valence-corrected chi connectivity index (χ3v) is 5.92. The lowest BCUT2D eigenvalue weighted by molar-refractivity contribution is 0.119. The molecule has 1 saturated carbocycles. The van der Waals surface area contributed by atoms with Gasteiger partial charge in [0.05, 0.1) is 17.3 Å². The Morgan fingerprint density at radius 1 is 1.24 bits per heavy atom. The van der Waals surface area contributed by atoms with Crippen LogP contribution in [0.25, 0.3) is 5.65 Å². The number of imidazole rings is 1. The van der Waals surface area contributed by atoms with Crippen LogP contribution < -0.4 is 10.6 Å². The molecule has 1 unspecified atom stereocenters. The van der Waals surface area contributed by atoms with Crippen molar-refractivity contribution in [3.63, 3.8) is 0 Å². The first-order valence-electron chi connectivity index (χ1n) is 10.9. The highest BCUT2D eigenvalue weighted by molar-refractivity contribution is 6.30. The third-order valence-electron chi connectivity index (χ3n) is 5.62. The molecule has 0 bridgehead atoms. The van der Waals surface area contributed by atoms with E-state index in [9.17, 15) is 9.18 Å². The number of anilines is 2. The number of nitrogens with zero attached hydrogens (tertiary/aromatic N) is 4. The molecule has 1 aromatic carbocycles. The number of amides is 1. The van der Waals surface area contributed by atoms with Crippen molar-refractivity contribution in [2.75, 3.05) is 10.6 Å². The largest absolute Gasteiger partial charge is 0.441 e. The zero-order chi connectivity index (χ0) is 23.7. The Balaban J connectivity index is 1.19. The highest BCUT2D eigenvalue weighted by Crippen LogP contribution is 2.39. The van der Waals surface area contributed by atoms with Gasteiger partial charge in [0.2, 0.25) is 0 Å². The first kappa shape index (κ1) is 22.1. The summed E-state index contributed by atoms with van der Waals surface area (Å²) in [4.78, 5) is 25.1. The van der Waals surface area contributed by atoms with E-state index in [0.29, 0.717) is 18.3 Å². The van der Waals surface area contributed by atoms with E-state index in [2.05, 4.69) is 37.8 Å². The number of ether oxygens (including phenoxy) is 1. The number of rotatable bonds is 7. The molecule has 0 spiro atoms. The van der Waals surface area contributed by atoms with Gasteiger partial charge in [-0.1, -0.05) is 29.8 Å². The van der Waals surface area contributed by atoms with E-state index in [1.54, 1.807) is 19.1 Å². The van der Waals surface area contributed by atoms with Crippen LogP contribution in [0.3, 0.4) is 0 Å². The Bertz CT molecular complexity index is 1360. The second kappa shape index (κ2) is 9.26. The van der Waals surface area contributed by atoms with Gasteiger partial charge >= 0.3 is 6.09 Å². The molecule has 10 heteroatoms. The van der Waals surface area contributed by atoms with Gasteiger partial charge in [-0.25, -0.2) is 24.1 Å². The topological polar surface area (TPSA) is 93.4 Å². The van der Waals surface area contributed by atoms with Crippen molar-refractivity contribution in [1.29, 1.82) is 0 Å². The van der Waals surface area contributed by atoms with Crippen molar-refractivity contribution in [3.8, 4) is 0 Å². The molecular weight excluding hydrogens is 459 g/mol. The Hall–Kier alpha value is -3.72. The summed E-state index contributed by atoms with van der Waals surface area (Å²) in [7, 11) is 0. The molecule has 3 heterocycles. The number of fused-ring (bicyclic) bond motifs is 1. The Labute approximate surface area is 200 Å². The minimum absolute atomic E-state index is 0.0335. The predicted molar refractivity (Wildman–Crippen MR) is 126 cm³/mol. The molecule has 3 aromatic heterocycles. The molecule has 1 aliphatic carbocycles. The van der Waals surface area contributed by atoms with Crippen LogP contribution >= 0.6 is 11.6 Å². The summed E-state index contributed by atoms with van der Waals surface area (Å²) in [6, 6.07) is 10.3. The summed E-state index contributed by atoms with van der Waals surface area (Å²) in [5, 5.41) is 5.68. The summed E-state index contributed by atoms with van der Waals surface area (Å²) in [5.41, 5.74) is 3.27. The first-order valence-corrected chi connectivity index (χ1v) is 11.3. The Kier molecular flexibility index (Phi) is 6.02.